The number of benzene rings is 1. The van der Waals surface area contributed by atoms with Crippen LogP contribution in [-0.2, 0) is 0 Å². The number of hydrogen-bond acceptors (Lipinski definition) is 3. The van der Waals surface area contributed by atoms with Gasteiger partial charge in [-0.25, -0.2) is 4.39 Å². The highest BCUT2D eigenvalue weighted by Gasteiger charge is 2.14. The van der Waals surface area contributed by atoms with Crippen LogP contribution < -0.4 is 5.73 Å². The van der Waals surface area contributed by atoms with Gasteiger partial charge >= 0.3 is 0 Å². The maximum Gasteiger partial charge on any atom is 0.144 e. The van der Waals surface area contributed by atoms with Gasteiger partial charge in [0.25, 0.3) is 0 Å². The molecule has 1 aromatic rings. The normalized spacial score (nSPS) is 12.2. The van der Waals surface area contributed by atoms with Gasteiger partial charge in [-0.05, 0) is 13.0 Å². The highest BCUT2D eigenvalue weighted by atomic mass is 19.1. The molecular formula is C9H9FN2O. The molecule has 0 heterocycles. The molecule has 0 radical (unpaired) electrons. The number of nitrogens with zero attached hydrogens (tertiary/aromatic N) is 1. The van der Waals surface area contributed by atoms with Crippen LogP contribution in [0.25, 0.3) is 0 Å². The van der Waals surface area contributed by atoms with Crippen molar-refractivity contribution in [2.75, 3.05) is 0 Å². The van der Waals surface area contributed by atoms with Crippen LogP contribution in [0.15, 0.2) is 12.1 Å². The predicted octanol–water partition coefficient (Wildman–Crippen LogP) is 1.42. The van der Waals surface area contributed by atoms with Crippen molar-refractivity contribution in [3.63, 3.8) is 0 Å². The first-order valence-corrected chi connectivity index (χ1v) is 3.75. The summed E-state index contributed by atoms with van der Waals surface area (Å²) in [5.74, 6) is -1.10. The minimum absolute atomic E-state index is 0.352. The average Bonchev–Trinajstić information content (AvgIpc) is 2.04. The molecule has 0 aliphatic carbocycles. The van der Waals surface area contributed by atoms with Gasteiger partial charge in [-0.15, -0.1) is 0 Å². The lowest BCUT2D eigenvalue weighted by Crippen LogP contribution is -2.06. The number of rotatable bonds is 1. The van der Waals surface area contributed by atoms with E-state index in [1.54, 1.807) is 13.0 Å². The van der Waals surface area contributed by atoms with Gasteiger partial charge < -0.3 is 10.8 Å². The number of phenolic OH excluding ortho intramolecular Hbond substituents is 1. The van der Waals surface area contributed by atoms with E-state index in [2.05, 4.69) is 0 Å². The van der Waals surface area contributed by atoms with Crippen molar-refractivity contribution in [2.45, 2.75) is 13.0 Å². The van der Waals surface area contributed by atoms with E-state index in [1.165, 1.54) is 6.07 Å². The molecule has 3 N–H and O–H groups in total. The molecule has 13 heavy (non-hydrogen) atoms. The Morgan fingerprint density at radius 3 is 2.69 bits per heavy atom. The highest BCUT2D eigenvalue weighted by molar-refractivity contribution is 5.49. The summed E-state index contributed by atoms with van der Waals surface area (Å²) < 4.78 is 12.9. The summed E-state index contributed by atoms with van der Waals surface area (Å²) in [5.41, 5.74) is 5.52. The van der Waals surface area contributed by atoms with E-state index in [1.807, 2.05) is 0 Å². The number of nitriles is 1. The van der Waals surface area contributed by atoms with E-state index in [-0.39, 0.29) is 11.3 Å². The van der Waals surface area contributed by atoms with Crippen molar-refractivity contribution < 1.29 is 9.50 Å². The number of halogens is 1. The van der Waals surface area contributed by atoms with Crippen molar-refractivity contribution in [1.29, 1.82) is 5.26 Å². The monoisotopic (exact) mass is 180 g/mol. The fraction of sp³-hybridized carbons (Fsp3) is 0.222. The predicted molar refractivity (Wildman–Crippen MR) is 45.4 cm³/mol. The summed E-state index contributed by atoms with van der Waals surface area (Å²) >= 11 is 0. The molecule has 0 fully saturated rings. The van der Waals surface area contributed by atoms with Crippen LogP contribution in [0.5, 0.6) is 5.75 Å². The molecule has 68 valence electrons. The molecule has 0 spiro atoms. The maximum absolute atomic E-state index is 12.9. The van der Waals surface area contributed by atoms with Gasteiger partial charge in [0.15, 0.2) is 0 Å². The first-order valence-electron chi connectivity index (χ1n) is 3.75. The van der Waals surface area contributed by atoms with Crippen LogP contribution >= 0.6 is 0 Å². The molecule has 0 amide bonds. The van der Waals surface area contributed by atoms with Crippen LogP contribution in [0.1, 0.15) is 24.1 Å². The van der Waals surface area contributed by atoms with Crippen LogP contribution in [0, 0.1) is 17.1 Å². The SMILES string of the molecule is C[C@H](N)c1ccc(F)c(C#N)c1O. The molecule has 0 aromatic heterocycles. The molecule has 1 aromatic carbocycles. The zero-order valence-corrected chi connectivity index (χ0v) is 7.08. The summed E-state index contributed by atoms with van der Waals surface area (Å²) in [6, 6.07) is 3.65. The van der Waals surface area contributed by atoms with Crippen molar-refractivity contribution >= 4 is 0 Å². The Bertz CT molecular complexity index is 369. The second-order valence-electron chi connectivity index (χ2n) is 2.76. The molecule has 4 heteroatoms. The first-order chi connectivity index (χ1) is 6.07. The van der Waals surface area contributed by atoms with E-state index >= 15 is 0 Å². The lowest BCUT2D eigenvalue weighted by Gasteiger charge is -2.09. The summed E-state index contributed by atoms with van der Waals surface area (Å²) in [6.45, 7) is 1.65. The van der Waals surface area contributed by atoms with E-state index in [0.717, 1.165) is 6.07 Å². The molecule has 0 aliphatic rings. The van der Waals surface area contributed by atoms with Gasteiger partial charge in [0.2, 0.25) is 0 Å². The van der Waals surface area contributed by atoms with Crippen LogP contribution in [-0.4, -0.2) is 5.11 Å². The molecule has 0 unspecified atom stereocenters. The number of nitrogens with two attached hydrogens (primary N) is 1. The number of hydrogen-bond donors (Lipinski definition) is 2. The fourth-order valence-corrected chi connectivity index (χ4v) is 1.06. The Labute approximate surface area is 75.2 Å². The van der Waals surface area contributed by atoms with E-state index in [9.17, 15) is 9.50 Å². The first kappa shape index (κ1) is 9.49. The largest absolute Gasteiger partial charge is 0.506 e. The van der Waals surface area contributed by atoms with Gasteiger partial charge in [-0.1, -0.05) is 6.07 Å². The third-order valence-corrected chi connectivity index (χ3v) is 1.76. The molecule has 1 rings (SSSR count). The van der Waals surface area contributed by atoms with Crippen molar-refractivity contribution in [1.82, 2.24) is 0 Å². The molecule has 0 saturated heterocycles. The minimum Gasteiger partial charge on any atom is -0.506 e. The zero-order chi connectivity index (χ0) is 10.0. The molecule has 0 bridgehead atoms. The molecule has 0 aliphatic heterocycles. The Morgan fingerprint density at radius 1 is 1.62 bits per heavy atom. The fourth-order valence-electron chi connectivity index (χ4n) is 1.06. The van der Waals surface area contributed by atoms with Crippen molar-refractivity contribution in [2.24, 2.45) is 5.73 Å². The quantitative estimate of drug-likeness (QED) is 0.686. The van der Waals surface area contributed by atoms with Gasteiger partial charge in [-0.2, -0.15) is 5.26 Å². The van der Waals surface area contributed by atoms with Crippen molar-refractivity contribution in [3.05, 3.63) is 29.1 Å². The summed E-state index contributed by atoms with van der Waals surface area (Å²) in [6.07, 6.45) is 0. The third kappa shape index (κ3) is 1.60. The van der Waals surface area contributed by atoms with Gasteiger partial charge in [-0.3, -0.25) is 0 Å². The van der Waals surface area contributed by atoms with Gasteiger partial charge in [0.05, 0.1) is 0 Å². The second-order valence-corrected chi connectivity index (χ2v) is 2.76. The second kappa shape index (κ2) is 3.42. The lowest BCUT2D eigenvalue weighted by molar-refractivity contribution is 0.455. The van der Waals surface area contributed by atoms with E-state index < -0.39 is 11.9 Å². The Morgan fingerprint density at radius 2 is 2.23 bits per heavy atom. The molecule has 1 atom stereocenters. The van der Waals surface area contributed by atoms with E-state index in [4.69, 9.17) is 11.0 Å². The smallest absolute Gasteiger partial charge is 0.144 e. The maximum atomic E-state index is 12.9. The molecule has 3 nitrogen and oxygen atoms in total. The van der Waals surface area contributed by atoms with Crippen molar-refractivity contribution in [3.8, 4) is 11.8 Å². The topological polar surface area (TPSA) is 70.0 Å². The zero-order valence-electron chi connectivity index (χ0n) is 7.08. The van der Waals surface area contributed by atoms with Crippen LogP contribution in [0.3, 0.4) is 0 Å². The Hall–Kier alpha value is -1.60. The molecular weight excluding hydrogens is 171 g/mol. The van der Waals surface area contributed by atoms with Crippen LogP contribution in [0.4, 0.5) is 4.39 Å². The third-order valence-electron chi connectivity index (χ3n) is 1.76. The standard InChI is InChI=1S/C9H9FN2O/c1-5(12)6-2-3-8(10)7(4-11)9(6)13/h2-3,5,13H,12H2,1H3/t5-/m0/s1. The van der Waals surface area contributed by atoms with E-state index in [0.29, 0.717) is 5.56 Å². The lowest BCUT2D eigenvalue weighted by atomic mass is 10.0. The highest BCUT2D eigenvalue weighted by Crippen LogP contribution is 2.27. The Balaban J connectivity index is 3.38. The summed E-state index contributed by atoms with van der Waals surface area (Å²) in [7, 11) is 0. The molecule has 0 saturated carbocycles. The van der Waals surface area contributed by atoms with Gasteiger partial charge in [0.1, 0.15) is 23.2 Å². The van der Waals surface area contributed by atoms with Crippen LogP contribution in [0.2, 0.25) is 0 Å². The number of phenols is 1. The summed E-state index contributed by atoms with van der Waals surface area (Å²) in [4.78, 5) is 0. The number of aromatic hydroxyl groups is 1. The van der Waals surface area contributed by atoms with Gasteiger partial charge in [0, 0.05) is 11.6 Å². The average molecular weight is 180 g/mol. The summed E-state index contributed by atoms with van der Waals surface area (Å²) in [5, 5.41) is 17.9. The Kier molecular flexibility index (Phi) is 2.49. The minimum atomic E-state index is -0.732.